The number of oxazole rings is 1. The minimum absolute atomic E-state index is 0.0131. The summed E-state index contributed by atoms with van der Waals surface area (Å²) in [6.45, 7) is -0.0614. The standard InChI is InChI=1S/C23H16ClN3O6S2/c24-14-2-4-15(5-3-14)27-35(30,31)16-6-8-21-18(10-16)26-23(33-21)34-12-19(28)13-1-7-20-17(9-13)25-22(29)11-32-20/h1-10,27H,11-12H2,(H,25,29). The number of carbonyl (C=O) groups is 2. The molecule has 0 bridgehead atoms. The molecule has 0 atom stereocenters. The molecule has 0 aliphatic carbocycles. The average molecular weight is 530 g/mol. The Kier molecular flexibility index (Phi) is 6.13. The maximum atomic E-state index is 12.7. The first kappa shape index (κ1) is 23.2. The largest absolute Gasteiger partial charge is 0.482 e. The second kappa shape index (κ2) is 9.25. The number of carbonyl (C=O) groups excluding carboxylic acids is 2. The Morgan fingerprint density at radius 3 is 2.71 bits per heavy atom. The molecule has 4 aromatic rings. The van der Waals surface area contributed by atoms with Gasteiger partial charge in [0, 0.05) is 16.3 Å². The van der Waals surface area contributed by atoms with Crippen molar-refractivity contribution in [3.8, 4) is 5.75 Å². The lowest BCUT2D eigenvalue weighted by atomic mass is 10.1. The van der Waals surface area contributed by atoms with Crippen molar-refractivity contribution in [2.75, 3.05) is 22.4 Å². The number of fused-ring (bicyclic) bond motifs is 2. The predicted molar refractivity (Wildman–Crippen MR) is 132 cm³/mol. The number of Topliss-reactive ketones (excluding diaryl/α,β-unsaturated/α-hetero) is 1. The first-order valence-electron chi connectivity index (χ1n) is 10.2. The molecule has 178 valence electrons. The molecule has 35 heavy (non-hydrogen) atoms. The second-order valence-corrected chi connectivity index (χ2v) is 10.5. The molecule has 1 aromatic heterocycles. The van der Waals surface area contributed by atoms with E-state index in [1.165, 1.54) is 18.2 Å². The summed E-state index contributed by atoms with van der Waals surface area (Å²) in [5.41, 5.74) is 1.95. The Hall–Kier alpha value is -3.54. The van der Waals surface area contributed by atoms with Gasteiger partial charge in [0.2, 0.25) is 0 Å². The van der Waals surface area contributed by atoms with Crippen molar-refractivity contribution in [3.05, 3.63) is 71.2 Å². The molecule has 1 amide bonds. The lowest BCUT2D eigenvalue weighted by Gasteiger charge is -2.18. The quantitative estimate of drug-likeness (QED) is 0.263. The third kappa shape index (κ3) is 5.11. The number of thioether (sulfide) groups is 1. The highest BCUT2D eigenvalue weighted by Crippen LogP contribution is 2.30. The van der Waals surface area contributed by atoms with Crippen molar-refractivity contribution in [2.24, 2.45) is 0 Å². The van der Waals surface area contributed by atoms with Crippen molar-refractivity contribution >= 4 is 67.6 Å². The van der Waals surface area contributed by atoms with Crippen molar-refractivity contribution in [1.82, 2.24) is 4.98 Å². The van der Waals surface area contributed by atoms with Crippen LogP contribution in [0.15, 0.2) is 75.2 Å². The van der Waals surface area contributed by atoms with Gasteiger partial charge in [0.25, 0.3) is 21.2 Å². The lowest BCUT2D eigenvalue weighted by Crippen LogP contribution is -2.25. The molecule has 12 heteroatoms. The number of benzene rings is 3. The van der Waals surface area contributed by atoms with Gasteiger partial charge in [-0.3, -0.25) is 14.3 Å². The topological polar surface area (TPSA) is 128 Å². The fraction of sp³-hybridized carbons (Fsp3) is 0.0870. The Morgan fingerprint density at radius 1 is 1.11 bits per heavy atom. The molecule has 5 rings (SSSR count). The summed E-state index contributed by atoms with van der Waals surface area (Å²) in [5, 5.41) is 3.39. The number of hydrogen-bond donors (Lipinski definition) is 2. The van der Waals surface area contributed by atoms with E-state index in [9.17, 15) is 18.0 Å². The van der Waals surface area contributed by atoms with Gasteiger partial charge in [0.05, 0.1) is 16.3 Å². The van der Waals surface area contributed by atoms with Crippen LogP contribution in [-0.2, 0) is 14.8 Å². The van der Waals surface area contributed by atoms with E-state index < -0.39 is 10.0 Å². The summed E-state index contributed by atoms with van der Waals surface area (Å²) in [4.78, 5) is 28.5. The zero-order valence-corrected chi connectivity index (χ0v) is 20.2. The molecule has 0 fully saturated rings. The molecular weight excluding hydrogens is 514 g/mol. The number of nitrogens with zero attached hydrogens (tertiary/aromatic N) is 1. The van der Waals surface area contributed by atoms with Crippen LogP contribution >= 0.6 is 23.4 Å². The highest BCUT2D eigenvalue weighted by atomic mass is 35.5. The number of ether oxygens (including phenoxy) is 1. The fourth-order valence-corrected chi connectivity index (χ4v) is 5.25. The molecule has 2 heterocycles. The van der Waals surface area contributed by atoms with E-state index in [2.05, 4.69) is 15.0 Å². The van der Waals surface area contributed by atoms with Gasteiger partial charge < -0.3 is 14.5 Å². The second-order valence-electron chi connectivity index (χ2n) is 7.48. The van der Waals surface area contributed by atoms with E-state index in [0.29, 0.717) is 38.8 Å². The van der Waals surface area contributed by atoms with Gasteiger partial charge >= 0.3 is 0 Å². The van der Waals surface area contributed by atoms with E-state index in [-0.39, 0.29) is 34.2 Å². The van der Waals surface area contributed by atoms with E-state index in [0.717, 1.165) is 11.8 Å². The van der Waals surface area contributed by atoms with E-state index in [4.69, 9.17) is 20.8 Å². The van der Waals surface area contributed by atoms with Crippen LogP contribution in [0, 0.1) is 0 Å². The van der Waals surface area contributed by atoms with Crippen LogP contribution in [0.5, 0.6) is 5.75 Å². The first-order valence-corrected chi connectivity index (χ1v) is 13.0. The molecule has 1 aliphatic heterocycles. The van der Waals surface area contributed by atoms with E-state index in [1.807, 2.05) is 0 Å². The summed E-state index contributed by atoms with van der Waals surface area (Å²) in [7, 11) is -3.86. The molecule has 0 unspecified atom stereocenters. The number of halogens is 1. The Morgan fingerprint density at radius 2 is 1.91 bits per heavy atom. The number of sulfonamides is 1. The third-order valence-corrected chi connectivity index (χ3v) is 7.47. The number of aromatic nitrogens is 1. The molecular formula is C23H16ClN3O6S2. The first-order chi connectivity index (χ1) is 16.8. The van der Waals surface area contributed by atoms with Gasteiger partial charge in [-0.15, -0.1) is 0 Å². The van der Waals surface area contributed by atoms with Gasteiger partial charge in [-0.1, -0.05) is 23.4 Å². The molecule has 0 saturated heterocycles. The molecule has 1 aliphatic rings. The Balaban J connectivity index is 1.29. The zero-order valence-electron chi connectivity index (χ0n) is 17.8. The van der Waals surface area contributed by atoms with Crippen molar-refractivity contribution in [1.29, 1.82) is 0 Å². The highest BCUT2D eigenvalue weighted by molar-refractivity contribution is 7.99. The van der Waals surface area contributed by atoms with Gasteiger partial charge in [0.15, 0.2) is 18.0 Å². The van der Waals surface area contributed by atoms with Gasteiger partial charge in [-0.05, 0) is 60.7 Å². The number of nitrogens with one attached hydrogen (secondary N) is 2. The number of anilines is 2. The zero-order chi connectivity index (χ0) is 24.6. The smallest absolute Gasteiger partial charge is 0.262 e. The summed E-state index contributed by atoms with van der Waals surface area (Å²) >= 11 is 6.92. The van der Waals surface area contributed by atoms with Crippen LogP contribution in [-0.4, -0.2) is 37.5 Å². The Labute approximate surface area is 208 Å². The molecule has 0 spiro atoms. The molecule has 0 saturated carbocycles. The third-order valence-electron chi connectivity index (χ3n) is 5.01. The molecule has 3 aromatic carbocycles. The minimum atomic E-state index is -3.86. The van der Waals surface area contributed by atoms with Crippen LogP contribution in [0.2, 0.25) is 5.02 Å². The lowest BCUT2D eigenvalue weighted by molar-refractivity contribution is -0.118. The van der Waals surface area contributed by atoms with E-state index in [1.54, 1.807) is 42.5 Å². The van der Waals surface area contributed by atoms with Crippen molar-refractivity contribution < 1.29 is 27.2 Å². The van der Waals surface area contributed by atoms with Crippen LogP contribution in [0.3, 0.4) is 0 Å². The number of ketones is 1. The SMILES string of the molecule is O=C1COc2ccc(C(=O)CSc3nc4cc(S(=O)(=O)Nc5ccc(Cl)cc5)ccc4o3)cc2N1. The normalized spacial score (nSPS) is 13.1. The van der Waals surface area contributed by atoms with Gasteiger partial charge in [0.1, 0.15) is 11.3 Å². The maximum absolute atomic E-state index is 12.7. The highest BCUT2D eigenvalue weighted by Gasteiger charge is 2.20. The van der Waals surface area contributed by atoms with Crippen molar-refractivity contribution in [3.63, 3.8) is 0 Å². The summed E-state index contributed by atoms with van der Waals surface area (Å²) < 4.78 is 38.9. The minimum Gasteiger partial charge on any atom is -0.482 e. The van der Waals surface area contributed by atoms with Gasteiger partial charge in [-0.2, -0.15) is 0 Å². The predicted octanol–water partition coefficient (Wildman–Crippen LogP) is 4.59. The Bertz CT molecular complexity index is 1570. The van der Waals surface area contributed by atoms with Crippen LogP contribution in [0.1, 0.15) is 10.4 Å². The van der Waals surface area contributed by atoms with Crippen molar-refractivity contribution in [2.45, 2.75) is 10.1 Å². The monoisotopic (exact) mass is 529 g/mol. The maximum Gasteiger partial charge on any atom is 0.262 e. The fourth-order valence-electron chi connectivity index (χ4n) is 3.31. The summed E-state index contributed by atoms with van der Waals surface area (Å²) in [5.74, 6) is 0.0519. The van der Waals surface area contributed by atoms with Gasteiger partial charge in [-0.25, -0.2) is 13.4 Å². The van der Waals surface area contributed by atoms with Crippen LogP contribution in [0.4, 0.5) is 11.4 Å². The number of rotatable bonds is 7. The molecule has 0 radical (unpaired) electrons. The molecule has 2 N–H and O–H groups in total. The average Bonchev–Trinajstić information content (AvgIpc) is 3.25. The number of hydrogen-bond acceptors (Lipinski definition) is 8. The summed E-state index contributed by atoms with van der Waals surface area (Å²) in [6.07, 6.45) is 0. The van der Waals surface area contributed by atoms with Crippen LogP contribution < -0.4 is 14.8 Å². The van der Waals surface area contributed by atoms with Crippen LogP contribution in [0.25, 0.3) is 11.1 Å². The van der Waals surface area contributed by atoms with E-state index >= 15 is 0 Å². The molecule has 9 nitrogen and oxygen atoms in total. The summed E-state index contributed by atoms with van der Waals surface area (Å²) in [6, 6.07) is 15.4. The number of amides is 1.